The molecule has 3 rings (SSSR count). The number of anilines is 1. The van der Waals surface area contributed by atoms with Crippen molar-refractivity contribution in [1.29, 1.82) is 0 Å². The molecular weight excluding hydrogens is 200 g/mol. The van der Waals surface area contributed by atoms with Crippen LogP contribution in [0.3, 0.4) is 0 Å². The first-order valence-corrected chi connectivity index (χ1v) is 6.10. The molecule has 0 saturated carbocycles. The second kappa shape index (κ2) is 4.01. The van der Waals surface area contributed by atoms with Gasteiger partial charge >= 0.3 is 0 Å². The predicted octanol–water partition coefficient (Wildman–Crippen LogP) is 0.973. The molecule has 0 bridgehead atoms. The standard InChI is InChI=1S/C12H18N4/c1-9-12(15-6-5-13-9)16-7-10-3-2-4-14-11(10)8-16/h5-6,10-11,14H,2-4,7-8H2,1H3. The lowest BCUT2D eigenvalue weighted by Crippen LogP contribution is -2.40. The van der Waals surface area contributed by atoms with E-state index in [2.05, 4.69) is 20.2 Å². The van der Waals surface area contributed by atoms with E-state index in [0.717, 1.165) is 30.5 Å². The van der Waals surface area contributed by atoms with Crippen LogP contribution in [0, 0.1) is 12.8 Å². The van der Waals surface area contributed by atoms with Crippen molar-refractivity contribution in [3.05, 3.63) is 18.1 Å². The molecule has 0 radical (unpaired) electrons. The lowest BCUT2D eigenvalue weighted by atomic mass is 9.94. The van der Waals surface area contributed by atoms with Crippen molar-refractivity contribution >= 4 is 5.82 Å². The molecule has 2 aliphatic rings. The van der Waals surface area contributed by atoms with Crippen LogP contribution in [0.15, 0.2) is 12.4 Å². The van der Waals surface area contributed by atoms with Crippen molar-refractivity contribution in [1.82, 2.24) is 15.3 Å². The molecule has 2 aliphatic heterocycles. The summed E-state index contributed by atoms with van der Waals surface area (Å²) in [5, 5.41) is 3.61. The lowest BCUT2D eigenvalue weighted by Gasteiger charge is -2.24. The number of nitrogens with one attached hydrogen (secondary N) is 1. The van der Waals surface area contributed by atoms with Gasteiger partial charge in [-0.25, -0.2) is 4.98 Å². The molecule has 0 amide bonds. The van der Waals surface area contributed by atoms with Crippen LogP contribution in [0.2, 0.25) is 0 Å². The van der Waals surface area contributed by atoms with Gasteiger partial charge in [0.1, 0.15) is 5.82 Å². The predicted molar refractivity (Wildman–Crippen MR) is 63.5 cm³/mol. The summed E-state index contributed by atoms with van der Waals surface area (Å²) in [4.78, 5) is 11.2. The summed E-state index contributed by atoms with van der Waals surface area (Å²) >= 11 is 0. The quantitative estimate of drug-likeness (QED) is 0.762. The van der Waals surface area contributed by atoms with E-state index in [9.17, 15) is 0 Å². The molecule has 1 aromatic heterocycles. The molecular formula is C12H18N4. The monoisotopic (exact) mass is 218 g/mol. The minimum absolute atomic E-state index is 0.662. The van der Waals surface area contributed by atoms with Crippen LogP contribution in [0.1, 0.15) is 18.5 Å². The third kappa shape index (κ3) is 1.67. The molecule has 86 valence electrons. The zero-order valence-electron chi connectivity index (χ0n) is 9.69. The summed E-state index contributed by atoms with van der Waals surface area (Å²) in [6.07, 6.45) is 6.22. The summed E-state index contributed by atoms with van der Waals surface area (Å²) in [6, 6.07) is 0.662. The van der Waals surface area contributed by atoms with Gasteiger partial charge in [-0.15, -0.1) is 0 Å². The SMILES string of the molecule is Cc1nccnc1N1CC2CCCNC2C1. The third-order valence-electron chi connectivity index (χ3n) is 3.75. The number of nitrogens with zero attached hydrogens (tertiary/aromatic N) is 3. The van der Waals surface area contributed by atoms with Crippen molar-refractivity contribution in [3.8, 4) is 0 Å². The average molecular weight is 218 g/mol. The topological polar surface area (TPSA) is 41.1 Å². The molecule has 0 aliphatic carbocycles. The van der Waals surface area contributed by atoms with E-state index in [-0.39, 0.29) is 0 Å². The molecule has 4 nitrogen and oxygen atoms in total. The van der Waals surface area contributed by atoms with Gasteiger partial charge in [0.2, 0.25) is 0 Å². The fourth-order valence-electron chi connectivity index (χ4n) is 2.93. The van der Waals surface area contributed by atoms with E-state index < -0.39 is 0 Å². The summed E-state index contributed by atoms with van der Waals surface area (Å²) in [7, 11) is 0. The maximum absolute atomic E-state index is 4.45. The molecule has 0 aromatic carbocycles. The molecule has 1 aromatic rings. The number of rotatable bonds is 1. The Morgan fingerprint density at radius 2 is 2.19 bits per heavy atom. The van der Waals surface area contributed by atoms with Crippen molar-refractivity contribution < 1.29 is 0 Å². The Bertz CT molecular complexity index is 365. The van der Waals surface area contributed by atoms with Crippen molar-refractivity contribution in [2.24, 2.45) is 5.92 Å². The van der Waals surface area contributed by atoms with Crippen LogP contribution in [0.4, 0.5) is 5.82 Å². The first-order chi connectivity index (χ1) is 7.84. The highest BCUT2D eigenvalue weighted by Crippen LogP contribution is 2.28. The summed E-state index contributed by atoms with van der Waals surface area (Å²) in [5.41, 5.74) is 1.04. The Balaban J connectivity index is 1.80. The lowest BCUT2D eigenvalue weighted by molar-refractivity contribution is 0.340. The highest BCUT2D eigenvalue weighted by atomic mass is 15.2. The van der Waals surface area contributed by atoms with Crippen LogP contribution in [0.5, 0.6) is 0 Å². The highest BCUT2D eigenvalue weighted by Gasteiger charge is 2.35. The Morgan fingerprint density at radius 3 is 3.00 bits per heavy atom. The first kappa shape index (κ1) is 10.0. The largest absolute Gasteiger partial charge is 0.353 e. The molecule has 1 N–H and O–H groups in total. The fraction of sp³-hybridized carbons (Fsp3) is 0.667. The van der Waals surface area contributed by atoms with Crippen LogP contribution in [-0.4, -0.2) is 35.6 Å². The van der Waals surface area contributed by atoms with Gasteiger partial charge in [-0.2, -0.15) is 0 Å². The van der Waals surface area contributed by atoms with Crippen LogP contribution in [-0.2, 0) is 0 Å². The van der Waals surface area contributed by atoms with E-state index in [1.807, 2.05) is 6.92 Å². The zero-order chi connectivity index (χ0) is 11.0. The molecule has 0 spiro atoms. The minimum Gasteiger partial charge on any atom is -0.353 e. The van der Waals surface area contributed by atoms with E-state index in [4.69, 9.17) is 0 Å². The van der Waals surface area contributed by atoms with E-state index in [1.165, 1.54) is 19.4 Å². The number of hydrogen-bond donors (Lipinski definition) is 1. The van der Waals surface area contributed by atoms with E-state index in [0.29, 0.717) is 6.04 Å². The molecule has 2 unspecified atom stereocenters. The van der Waals surface area contributed by atoms with Crippen molar-refractivity contribution in [2.75, 3.05) is 24.5 Å². The van der Waals surface area contributed by atoms with Crippen LogP contribution >= 0.6 is 0 Å². The second-order valence-corrected chi connectivity index (χ2v) is 4.83. The maximum atomic E-state index is 4.45. The highest BCUT2D eigenvalue weighted by molar-refractivity contribution is 5.44. The van der Waals surface area contributed by atoms with Gasteiger partial charge in [0.15, 0.2) is 0 Å². The number of piperidine rings is 1. The number of hydrogen-bond acceptors (Lipinski definition) is 4. The molecule has 4 heteroatoms. The van der Waals surface area contributed by atoms with Crippen LogP contribution in [0.25, 0.3) is 0 Å². The first-order valence-electron chi connectivity index (χ1n) is 6.10. The Hall–Kier alpha value is -1.16. The van der Waals surface area contributed by atoms with Gasteiger partial charge in [-0.3, -0.25) is 4.98 Å². The Kier molecular flexibility index (Phi) is 2.52. The summed E-state index contributed by atoms with van der Waals surface area (Å²) in [6.45, 7) is 5.44. The molecule has 3 heterocycles. The third-order valence-corrected chi connectivity index (χ3v) is 3.75. The van der Waals surface area contributed by atoms with Crippen molar-refractivity contribution in [2.45, 2.75) is 25.8 Å². The summed E-state index contributed by atoms with van der Waals surface area (Å²) in [5.74, 6) is 1.87. The van der Waals surface area contributed by atoms with Crippen molar-refractivity contribution in [3.63, 3.8) is 0 Å². The summed E-state index contributed by atoms with van der Waals surface area (Å²) < 4.78 is 0. The number of aromatic nitrogens is 2. The Labute approximate surface area is 96.1 Å². The van der Waals surface area contributed by atoms with Crippen LogP contribution < -0.4 is 10.2 Å². The second-order valence-electron chi connectivity index (χ2n) is 4.83. The Morgan fingerprint density at radius 1 is 1.31 bits per heavy atom. The molecule has 2 fully saturated rings. The maximum Gasteiger partial charge on any atom is 0.150 e. The van der Waals surface area contributed by atoms with Gasteiger partial charge in [-0.1, -0.05) is 0 Å². The minimum atomic E-state index is 0.662. The van der Waals surface area contributed by atoms with Gasteiger partial charge < -0.3 is 10.2 Å². The van der Waals surface area contributed by atoms with Gasteiger partial charge in [0.25, 0.3) is 0 Å². The molecule has 2 saturated heterocycles. The number of fused-ring (bicyclic) bond motifs is 1. The van der Waals surface area contributed by atoms with Gasteiger partial charge in [0.05, 0.1) is 5.69 Å². The van der Waals surface area contributed by atoms with Gasteiger partial charge in [-0.05, 0) is 32.2 Å². The van der Waals surface area contributed by atoms with E-state index >= 15 is 0 Å². The fourth-order valence-corrected chi connectivity index (χ4v) is 2.93. The molecule has 2 atom stereocenters. The molecule has 16 heavy (non-hydrogen) atoms. The number of aryl methyl sites for hydroxylation is 1. The van der Waals surface area contributed by atoms with Gasteiger partial charge in [0, 0.05) is 31.5 Å². The normalized spacial score (nSPS) is 29.2. The smallest absolute Gasteiger partial charge is 0.150 e. The average Bonchev–Trinajstić information content (AvgIpc) is 2.73. The van der Waals surface area contributed by atoms with E-state index in [1.54, 1.807) is 12.4 Å². The zero-order valence-corrected chi connectivity index (χ0v) is 9.69.